The van der Waals surface area contributed by atoms with Crippen molar-refractivity contribution in [3.63, 3.8) is 0 Å². The molecule has 0 saturated carbocycles. The number of aromatic hydroxyl groups is 1. The standard InChI is InChI=1S/C23H24FN5O2/c24-14-5-6-19-17(13-14)20(23(30)28-19)22-21(16-3-1-2-4-18(16)27-22)29-31-12-11-26-15-7-9-25-10-8-15/h1-6,13,15,25-26,28,30H,7-12H2. The number of piperidine rings is 1. The summed E-state index contributed by atoms with van der Waals surface area (Å²) in [6.45, 7) is 3.18. The number of aromatic nitrogens is 1. The van der Waals surface area contributed by atoms with Crippen molar-refractivity contribution in [2.45, 2.75) is 18.9 Å². The van der Waals surface area contributed by atoms with Crippen LogP contribution in [0.3, 0.4) is 0 Å². The Labute approximate surface area is 179 Å². The van der Waals surface area contributed by atoms with Crippen LogP contribution in [0.5, 0.6) is 5.88 Å². The van der Waals surface area contributed by atoms with E-state index in [4.69, 9.17) is 4.84 Å². The van der Waals surface area contributed by atoms with E-state index in [1.165, 1.54) is 12.1 Å². The number of nitrogens with zero attached hydrogens (tertiary/aromatic N) is 2. The molecular formula is C23H24FN5O2. The number of rotatable bonds is 6. The molecule has 0 spiro atoms. The van der Waals surface area contributed by atoms with E-state index in [-0.39, 0.29) is 11.7 Å². The Morgan fingerprint density at radius 1 is 1.19 bits per heavy atom. The molecule has 7 nitrogen and oxygen atoms in total. The molecule has 2 aliphatic rings. The summed E-state index contributed by atoms with van der Waals surface area (Å²) in [7, 11) is 0. The molecule has 0 radical (unpaired) electrons. The molecular weight excluding hydrogens is 397 g/mol. The van der Waals surface area contributed by atoms with Gasteiger partial charge in [-0.15, -0.1) is 0 Å². The normalized spacial score (nSPS) is 17.8. The topological polar surface area (TPSA) is 94.0 Å². The summed E-state index contributed by atoms with van der Waals surface area (Å²) < 4.78 is 13.9. The van der Waals surface area contributed by atoms with Gasteiger partial charge in [0.05, 0.1) is 11.3 Å². The Balaban J connectivity index is 1.40. The Kier molecular flexibility index (Phi) is 5.40. The first kappa shape index (κ1) is 19.7. The molecule has 1 aromatic heterocycles. The maximum atomic E-state index is 13.9. The maximum Gasteiger partial charge on any atom is 0.199 e. The molecule has 1 saturated heterocycles. The number of oxime groups is 1. The van der Waals surface area contributed by atoms with Crippen LogP contribution in [0.4, 0.5) is 10.1 Å². The SMILES string of the molecule is Oc1[nH]c2ccc(F)cc2c1C1=Nc2ccccc2C1=NOCCNC1CCNCC1. The van der Waals surface area contributed by atoms with Crippen molar-refractivity contribution >= 4 is 28.0 Å². The van der Waals surface area contributed by atoms with Crippen LogP contribution in [0.15, 0.2) is 52.6 Å². The van der Waals surface area contributed by atoms with Gasteiger partial charge in [0.1, 0.15) is 23.8 Å². The van der Waals surface area contributed by atoms with Crippen LogP contribution in [0.2, 0.25) is 0 Å². The van der Waals surface area contributed by atoms with Gasteiger partial charge in [0.2, 0.25) is 0 Å². The van der Waals surface area contributed by atoms with Crippen molar-refractivity contribution in [1.29, 1.82) is 0 Å². The van der Waals surface area contributed by atoms with Gasteiger partial charge in [0, 0.05) is 29.1 Å². The van der Waals surface area contributed by atoms with E-state index >= 15 is 0 Å². The lowest BCUT2D eigenvalue weighted by Crippen LogP contribution is -2.41. The van der Waals surface area contributed by atoms with E-state index in [9.17, 15) is 9.50 Å². The maximum absolute atomic E-state index is 13.9. The molecule has 3 heterocycles. The lowest BCUT2D eigenvalue weighted by molar-refractivity contribution is 0.143. The predicted octanol–water partition coefficient (Wildman–Crippen LogP) is 3.21. The van der Waals surface area contributed by atoms with Crippen molar-refractivity contribution in [2.75, 3.05) is 26.2 Å². The molecule has 5 rings (SSSR count). The van der Waals surface area contributed by atoms with Gasteiger partial charge >= 0.3 is 0 Å². The number of nitrogens with one attached hydrogen (secondary N) is 3. The molecule has 0 unspecified atom stereocenters. The van der Waals surface area contributed by atoms with E-state index in [1.54, 1.807) is 6.07 Å². The molecule has 1 fully saturated rings. The summed E-state index contributed by atoms with van der Waals surface area (Å²) in [6, 6.07) is 12.4. The summed E-state index contributed by atoms with van der Waals surface area (Å²) in [4.78, 5) is 13.2. The number of hydrogen-bond acceptors (Lipinski definition) is 6. The van der Waals surface area contributed by atoms with Gasteiger partial charge in [0.15, 0.2) is 5.88 Å². The first-order chi connectivity index (χ1) is 15.2. The largest absolute Gasteiger partial charge is 0.494 e. The number of fused-ring (bicyclic) bond motifs is 2. The smallest absolute Gasteiger partial charge is 0.199 e. The number of para-hydroxylation sites is 1. The third-order valence-corrected chi connectivity index (χ3v) is 5.71. The summed E-state index contributed by atoms with van der Waals surface area (Å²) in [6.07, 6.45) is 2.21. The van der Waals surface area contributed by atoms with Crippen LogP contribution in [-0.4, -0.2) is 53.8 Å². The molecule has 31 heavy (non-hydrogen) atoms. The van der Waals surface area contributed by atoms with E-state index in [0.29, 0.717) is 47.1 Å². The zero-order valence-corrected chi connectivity index (χ0v) is 17.0. The lowest BCUT2D eigenvalue weighted by Gasteiger charge is -2.23. The highest BCUT2D eigenvalue weighted by atomic mass is 19.1. The van der Waals surface area contributed by atoms with E-state index in [2.05, 4.69) is 25.8 Å². The molecule has 160 valence electrons. The summed E-state index contributed by atoms with van der Waals surface area (Å²) in [5, 5.41) is 22.3. The minimum absolute atomic E-state index is 0.0765. The Hall–Kier alpha value is -3.23. The molecule has 0 aliphatic carbocycles. The number of aromatic amines is 1. The Morgan fingerprint density at radius 2 is 2.03 bits per heavy atom. The number of halogens is 1. The van der Waals surface area contributed by atoms with Crippen molar-refractivity contribution in [3.8, 4) is 5.88 Å². The summed E-state index contributed by atoms with van der Waals surface area (Å²) in [5.74, 6) is -0.463. The third kappa shape index (κ3) is 3.92. The highest BCUT2D eigenvalue weighted by molar-refractivity contribution is 6.58. The monoisotopic (exact) mass is 421 g/mol. The van der Waals surface area contributed by atoms with Crippen LogP contribution in [0.25, 0.3) is 10.9 Å². The lowest BCUT2D eigenvalue weighted by atomic mass is 10.0. The average molecular weight is 421 g/mol. The van der Waals surface area contributed by atoms with Crippen LogP contribution < -0.4 is 10.6 Å². The molecule has 8 heteroatoms. The number of aliphatic imine (C=N–C) groups is 1. The van der Waals surface area contributed by atoms with Gasteiger partial charge in [-0.2, -0.15) is 0 Å². The minimum atomic E-state index is -0.386. The van der Waals surface area contributed by atoms with Crippen molar-refractivity contribution in [3.05, 3.63) is 59.4 Å². The van der Waals surface area contributed by atoms with Gasteiger partial charge < -0.3 is 25.6 Å². The first-order valence-electron chi connectivity index (χ1n) is 10.5. The first-order valence-corrected chi connectivity index (χ1v) is 10.5. The zero-order chi connectivity index (χ0) is 21.2. The van der Waals surface area contributed by atoms with E-state index in [1.807, 2.05) is 24.3 Å². The second kappa shape index (κ2) is 8.49. The van der Waals surface area contributed by atoms with Crippen LogP contribution in [-0.2, 0) is 4.84 Å². The van der Waals surface area contributed by atoms with E-state index in [0.717, 1.165) is 37.2 Å². The highest BCUT2D eigenvalue weighted by Gasteiger charge is 2.29. The fraction of sp³-hybridized carbons (Fsp3) is 0.304. The van der Waals surface area contributed by atoms with Crippen LogP contribution >= 0.6 is 0 Å². The van der Waals surface area contributed by atoms with Gasteiger partial charge in [-0.1, -0.05) is 23.4 Å². The molecule has 2 aromatic carbocycles. The summed E-state index contributed by atoms with van der Waals surface area (Å²) in [5.41, 5.74) is 3.58. The quantitative estimate of drug-likeness (QED) is 0.363. The fourth-order valence-corrected chi connectivity index (χ4v) is 4.17. The Morgan fingerprint density at radius 3 is 2.90 bits per heavy atom. The predicted molar refractivity (Wildman–Crippen MR) is 119 cm³/mol. The van der Waals surface area contributed by atoms with Gasteiger partial charge in [0.25, 0.3) is 0 Å². The van der Waals surface area contributed by atoms with Gasteiger partial charge in [-0.3, -0.25) is 0 Å². The third-order valence-electron chi connectivity index (χ3n) is 5.71. The molecule has 0 bridgehead atoms. The van der Waals surface area contributed by atoms with Crippen molar-refractivity contribution in [1.82, 2.24) is 15.6 Å². The Bertz CT molecular complexity index is 1160. The van der Waals surface area contributed by atoms with Crippen LogP contribution in [0, 0.1) is 5.82 Å². The second-order valence-electron chi connectivity index (χ2n) is 7.77. The average Bonchev–Trinajstić information content (AvgIpc) is 3.30. The molecule has 0 amide bonds. The zero-order valence-electron chi connectivity index (χ0n) is 17.0. The number of hydrogen-bond donors (Lipinski definition) is 4. The summed E-state index contributed by atoms with van der Waals surface area (Å²) >= 11 is 0. The second-order valence-corrected chi connectivity index (χ2v) is 7.77. The fourth-order valence-electron chi connectivity index (χ4n) is 4.17. The minimum Gasteiger partial charge on any atom is -0.494 e. The number of H-pyrrole nitrogens is 1. The number of benzene rings is 2. The highest BCUT2D eigenvalue weighted by Crippen LogP contribution is 2.35. The van der Waals surface area contributed by atoms with E-state index < -0.39 is 0 Å². The van der Waals surface area contributed by atoms with Crippen molar-refractivity contribution in [2.24, 2.45) is 10.1 Å². The molecule has 0 atom stereocenters. The van der Waals surface area contributed by atoms with Crippen LogP contribution in [0.1, 0.15) is 24.0 Å². The molecule has 4 N–H and O–H groups in total. The van der Waals surface area contributed by atoms with Gasteiger partial charge in [-0.05, 0) is 50.2 Å². The molecule has 2 aliphatic heterocycles. The van der Waals surface area contributed by atoms with Gasteiger partial charge in [-0.25, -0.2) is 9.38 Å². The molecule has 3 aromatic rings. The van der Waals surface area contributed by atoms with Crippen molar-refractivity contribution < 1.29 is 14.3 Å².